The largest absolute Gasteiger partial charge is 0.370 e. The fourth-order valence-corrected chi connectivity index (χ4v) is 5.27. The first-order valence-corrected chi connectivity index (χ1v) is 10.1. The lowest BCUT2D eigenvalue weighted by molar-refractivity contribution is -0.0655. The van der Waals surface area contributed by atoms with Crippen molar-refractivity contribution in [3.8, 4) is 0 Å². The Morgan fingerprint density at radius 3 is 2.40 bits per heavy atom. The second-order valence-electron chi connectivity index (χ2n) is 7.24. The standard InChI is InChI=1S/C20H25NO3S/c1-16-9-7-8-12-18(16)14-25(22,23)21-13-19(24-15-20(21,2)3)17-10-5-4-6-11-17/h4-12,19H,13-15H2,1-3H3. The zero-order valence-electron chi connectivity index (χ0n) is 15.0. The molecule has 25 heavy (non-hydrogen) atoms. The van der Waals surface area contributed by atoms with Gasteiger partial charge in [-0.15, -0.1) is 0 Å². The van der Waals surface area contributed by atoms with Crippen molar-refractivity contribution in [2.75, 3.05) is 13.2 Å². The Kier molecular flexibility index (Phi) is 5.00. The summed E-state index contributed by atoms with van der Waals surface area (Å²) in [6.07, 6.45) is -0.235. The molecule has 3 rings (SSSR count). The van der Waals surface area contributed by atoms with Crippen molar-refractivity contribution in [2.24, 2.45) is 0 Å². The fraction of sp³-hybridized carbons (Fsp3) is 0.400. The van der Waals surface area contributed by atoms with Gasteiger partial charge in [0.2, 0.25) is 10.0 Å². The predicted molar refractivity (Wildman–Crippen MR) is 99.7 cm³/mol. The molecule has 1 aliphatic heterocycles. The highest BCUT2D eigenvalue weighted by atomic mass is 32.2. The molecule has 0 radical (unpaired) electrons. The van der Waals surface area contributed by atoms with E-state index in [0.29, 0.717) is 13.2 Å². The van der Waals surface area contributed by atoms with E-state index in [9.17, 15) is 8.42 Å². The predicted octanol–water partition coefficient (Wildman–Crippen LogP) is 3.68. The van der Waals surface area contributed by atoms with Gasteiger partial charge in [0.15, 0.2) is 0 Å². The van der Waals surface area contributed by atoms with Gasteiger partial charge in [-0.2, -0.15) is 4.31 Å². The lowest BCUT2D eigenvalue weighted by Gasteiger charge is -2.44. The number of ether oxygens (including phenoxy) is 1. The minimum Gasteiger partial charge on any atom is -0.370 e. The Labute approximate surface area is 150 Å². The Bertz CT molecular complexity index is 831. The van der Waals surface area contributed by atoms with E-state index in [-0.39, 0.29) is 11.9 Å². The van der Waals surface area contributed by atoms with Crippen LogP contribution in [-0.2, 0) is 20.5 Å². The molecule has 0 aromatic heterocycles. The maximum absolute atomic E-state index is 13.2. The molecule has 0 spiro atoms. The third kappa shape index (κ3) is 3.94. The van der Waals surface area contributed by atoms with Gasteiger partial charge in [0.1, 0.15) is 0 Å². The summed E-state index contributed by atoms with van der Waals surface area (Å²) in [7, 11) is -3.45. The van der Waals surface area contributed by atoms with Crippen molar-refractivity contribution in [1.29, 1.82) is 0 Å². The highest BCUT2D eigenvalue weighted by molar-refractivity contribution is 7.88. The number of benzene rings is 2. The molecule has 4 nitrogen and oxygen atoms in total. The van der Waals surface area contributed by atoms with Crippen molar-refractivity contribution in [1.82, 2.24) is 4.31 Å². The Hall–Kier alpha value is -1.69. The molecule has 1 aliphatic rings. The summed E-state index contributed by atoms with van der Waals surface area (Å²) >= 11 is 0. The Balaban J connectivity index is 1.88. The molecule has 134 valence electrons. The van der Waals surface area contributed by atoms with Gasteiger partial charge in [-0.05, 0) is 37.5 Å². The number of aryl methyl sites for hydroxylation is 1. The third-order valence-electron chi connectivity index (χ3n) is 4.75. The van der Waals surface area contributed by atoms with E-state index in [0.717, 1.165) is 16.7 Å². The van der Waals surface area contributed by atoms with E-state index in [1.807, 2.05) is 75.4 Å². The van der Waals surface area contributed by atoms with Gasteiger partial charge in [-0.25, -0.2) is 8.42 Å². The summed E-state index contributed by atoms with van der Waals surface area (Å²) in [5.41, 5.74) is 2.29. The normalized spacial score (nSPS) is 21.2. The van der Waals surface area contributed by atoms with E-state index in [1.54, 1.807) is 4.31 Å². The summed E-state index contributed by atoms with van der Waals surface area (Å²) < 4.78 is 33.9. The average molecular weight is 359 g/mol. The first-order chi connectivity index (χ1) is 11.8. The molecule has 1 heterocycles. The highest BCUT2D eigenvalue weighted by Crippen LogP contribution is 2.33. The second-order valence-corrected chi connectivity index (χ2v) is 9.13. The van der Waals surface area contributed by atoms with Crippen LogP contribution in [0.2, 0.25) is 0 Å². The van der Waals surface area contributed by atoms with Crippen LogP contribution < -0.4 is 0 Å². The van der Waals surface area contributed by atoms with Crippen molar-refractivity contribution in [3.05, 3.63) is 71.3 Å². The van der Waals surface area contributed by atoms with Gasteiger partial charge in [0.25, 0.3) is 0 Å². The monoisotopic (exact) mass is 359 g/mol. The van der Waals surface area contributed by atoms with Gasteiger partial charge in [0.05, 0.1) is 24.0 Å². The van der Waals surface area contributed by atoms with Crippen molar-refractivity contribution in [3.63, 3.8) is 0 Å². The quantitative estimate of drug-likeness (QED) is 0.837. The number of sulfonamides is 1. The van der Waals surface area contributed by atoms with Crippen LogP contribution in [0, 0.1) is 6.92 Å². The second kappa shape index (κ2) is 6.90. The van der Waals surface area contributed by atoms with Crippen LogP contribution in [0.3, 0.4) is 0 Å². The lowest BCUT2D eigenvalue weighted by Crippen LogP contribution is -2.56. The SMILES string of the molecule is Cc1ccccc1CS(=O)(=O)N1CC(c2ccccc2)OCC1(C)C. The number of morpholine rings is 1. The first kappa shape index (κ1) is 18.1. The highest BCUT2D eigenvalue weighted by Gasteiger charge is 2.42. The van der Waals surface area contributed by atoms with Gasteiger partial charge in [-0.3, -0.25) is 0 Å². The molecule has 2 aromatic carbocycles. The summed E-state index contributed by atoms with van der Waals surface area (Å²) in [4.78, 5) is 0. The zero-order chi connectivity index (χ0) is 18.1. The molecule has 5 heteroatoms. The van der Waals surface area contributed by atoms with Gasteiger partial charge < -0.3 is 4.74 Å². The Morgan fingerprint density at radius 2 is 1.72 bits per heavy atom. The molecule has 1 atom stereocenters. The lowest BCUT2D eigenvalue weighted by atomic mass is 10.0. The first-order valence-electron chi connectivity index (χ1n) is 8.51. The number of hydrogen-bond donors (Lipinski definition) is 0. The van der Waals surface area contributed by atoms with Crippen molar-refractivity contribution in [2.45, 2.75) is 38.2 Å². The molecule has 2 aromatic rings. The molecule has 0 aliphatic carbocycles. The maximum Gasteiger partial charge on any atom is 0.218 e. The fourth-order valence-electron chi connectivity index (χ4n) is 3.23. The molecule has 0 amide bonds. The van der Waals surface area contributed by atoms with Gasteiger partial charge in [-0.1, -0.05) is 54.6 Å². The van der Waals surface area contributed by atoms with Gasteiger partial charge in [0, 0.05) is 6.54 Å². The van der Waals surface area contributed by atoms with Crippen molar-refractivity contribution >= 4 is 10.0 Å². The van der Waals surface area contributed by atoms with E-state index < -0.39 is 15.6 Å². The van der Waals surface area contributed by atoms with E-state index in [2.05, 4.69) is 0 Å². The topological polar surface area (TPSA) is 46.6 Å². The minimum atomic E-state index is -3.45. The van der Waals surface area contributed by atoms with E-state index in [1.165, 1.54) is 0 Å². The Morgan fingerprint density at radius 1 is 1.08 bits per heavy atom. The summed E-state index contributed by atoms with van der Waals surface area (Å²) in [6, 6.07) is 17.4. The molecule has 0 bridgehead atoms. The van der Waals surface area contributed by atoms with Crippen LogP contribution in [0.15, 0.2) is 54.6 Å². The van der Waals surface area contributed by atoms with Crippen LogP contribution in [0.1, 0.15) is 36.6 Å². The number of nitrogens with zero attached hydrogens (tertiary/aromatic N) is 1. The van der Waals surface area contributed by atoms with Crippen LogP contribution in [0.4, 0.5) is 0 Å². The van der Waals surface area contributed by atoms with Crippen LogP contribution in [0.5, 0.6) is 0 Å². The third-order valence-corrected chi connectivity index (χ3v) is 6.74. The van der Waals surface area contributed by atoms with E-state index in [4.69, 9.17) is 4.74 Å². The maximum atomic E-state index is 13.2. The van der Waals surface area contributed by atoms with Gasteiger partial charge >= 0.3 is 0 Å². The molecule has 0 saturated carbocycles. The number of hydrogen-bond acceptors (Lipinski definition) is 3. The molecule has 1 fully saturated rings. The molecular weight excluding hydrogens is 334 g/mol. The minimum absolute atomic E-state index is 0.0185. The molecule has 1 saturated heterocycles. The molecular formula is C20H25NO3S. The van der Waals surface area contributed by atoms with Crippen molar-refractivity contribution < 1.29 is 13.2 Å². The van der Waals surface area contributed by atoms with E-state index >= 15 is 0 Å². The van der Waals surface area contributed by atoms with Crippen LogP contribution in [-0.4, -0.2) is 31.4 Å². The van der Waals surface area contributed by atoms with Crippen LogP contribution in [0.25, 0.3) is 0 Å². The summed E-state index contributed by atoms with van der Waals surface area (Å²) in [6.45, 7) is 6.50. The molecule has 1 unspecified atom stereocenters. The summed E-state index contributed by atoms with van der Waals surface area (Å²) in [5, 5.41) is 0. The van der Waals surface area contributed by atoms with Crippen LogP contribution >= 0.6 is 0 Å². The average Bonchev–Trinajstić information content (AvgIpc) is 2.57. The summed E-state index contributed by atoms with van der Waals surface area (Å²) in [5.74, 6) is 0.0185. The number of rotatable bonds is 4. The zero-order valence-corrected chi connectivity index (χ0v) is 15.8. The smallest absolute Gasteiger partial charge is 0.218 e. The molecule has 0 N–H and O–H groups in total.